The Bertz CT molecular complexity index is 394. The molecule has 1 aromatic rings. The van der Waals surface area contributed by atoms with Crippen molar-refractivity contribution in [1.29, 1.82) is 0 Å². The van der Waals surface area contributed by atoms with Gasteiger partial charge in [-0.05, 0) is 37.1 Å². The van der Waals surface area contributed by atoms with Gasteiger partial charge in [0, 0.05) is 6.04 Å². The monoisotopic (exact) mass is 271 g/mol. The number of hydrogen-bond donors (Lipinski definition) is 2. The van der Waals surface area contributed by atoms with Crippen LogP contribution in [0.25, 0.3) is 0 Å². The fourth-order valence-electron chi connectivity index (χ4n) is 2.12. The maximum atomic E-state index is 11.3. The maximum absolute atomic E-state index is 11.3. The number of carbonyl (C=O) groups is 1. The van der Waals surface area contributed by atoms with Gasteiger partial charge < -0.3 is 15.2 Å². The van der Waals surface area contributed by atoms with Crippen molar-refractivity contribution in [2.75, 3.05) is 13.7 Å². The van der Waals surface area contributed by atoms with E-state index in [1.54, 1.807) is 12.1 Å². The van der Waals surface area contributed by atoms with Gasteiger partial charge in [-0.15, -0.1) is 12.4 Å². The van der Waals surface area contributed by atoms with Gasteiger partial charge in [0.05, 0.1) is 18.8 Å². The van der Waals surface area contributed by atoms with E-state index < -0.39 is 0 Å². The minimum absolute atomic E-state index is 0. The third-order valence-electron chi connectivity index (χ3n) is 3.11. The van der Waals surface area contributed by atoms with Crippen LogP contribution in [0.2, 0.25) is 0 Å². The highest BCUT2D eigenvalue weighted by Crippen LogP contribution is 2.23. The van der Waals surface area contributed by atoms with E-state index in [0.29, 0.717) is 5.56 Å². The summed E-state index contributed by atoms with van der Waals surface area (Å²) in [6.45, 7) is 0.824. The highest BCUT2D eigenvalue weighted by atomic mass is 35.5. The third kappa shape index (κ3) is 3.45. The van der Waals surface area contributed by atoms with E-state index in [1.165, 1.54) is 7.11 Å². The quantitative estimate of drug-likeness (QED) is 0.804. The molecule has 0 radical (unpaired) electrons. The molecular formula is C13H18ClNO3. The predicted molar refractivity (Wildman–Crippen MR) is 71.0 cm³/mol. The number of rotatable bonds is 2. The summed E-state index contributed by atoms with van der Waals surface area (Å²) in [4.78, 5) is 11.3. The van der Waals surface area contributed by atoms with Crippen molar-refractivity contribution < 1.29 is 14.6 Å². The minimum Gasteiger partial charge on any atom is -0.465 e. The normalized spacial score (nSPS) is 23.0. The zero-order chi connectivity index (χ0) is 12.3. The van der Waals surface area contributed by atoms with Crippen molar-refractivity contribution in [3.8, 4) is 0 Å². The molecular weight excluding hydrogens is 254 g/mol. The molecule has 2 rings (SSSR count). The van der Waals surface area contributed by atoms with Crippen molar-refractivity contribution in [2.45, 2.75) is 25.0 Å². The van der Waals surface area contributed by atoms with Crippen LogP contribution >= 0.6 is 12.4 Å². The third-order valence-corrected chi connectivity index (χ3v) is 3.11. The molecule has 0 unspecified atom stereocenters. The van der Waals surface area contributed by atoms with Crippen LogP contribution in [0, 0.1) is 0 Å². The molecule has 1 heterocycles. The first-order valence-electron chi connectivity index (χ1n) is 5.80. The molecule has 1 saturated heterocycles. The van der Waals surface area contributed by atoms with Gasteiger partial charge in [-0.2, -0.15) is 0 Å². The molecule has 0 aliphatic carbocycles. The van der Waals surface area contributed by atoms with Crippen molar-refractivity contribution in [2.24, 2.45) is 0 Å². The van der Waals surface area contributed by atoms with E-state index in [9.17, 15) is 9.90 Å². The van der Waals surface area contributed by atoms with E-state index in [1.807, 2.05) is 12.1 Å². The second-order valence-corrected chi connectivity index (χ2v) is 4.30. The van der Waals surface area contributed by atoms with E-state index in [2.05, 4.69) is 10.1 Å². The number of aliphatic hydroxyl groups excluding tert-OH is 1. The first-order valence-corrected chi connectivity index (χ1v) is 5.80. The van der Waals surface area contributed by atoms with Crippen molar-refractivity contribution in [3.63, 3.8) is 0 Å². The number of aliphatic hydroxyl groups is 1. The maximum Gasteiger partial charge on any atom is 0.337 e. The highest BCUT2D eigenvalue weighted by molar-refractivity contribution is 5.89. The Kier molecular flexibility index (Phi) is 5.59. The molecule has 18 heavy (non-hydrogen) atoms. The lowest BCUT2D eigenvalue weighted by atomic mass is 9.95. The first-order chi connectivity index (χ1) is 8.20. The number of benzene rings is 1. The Balaban J connectivity index is 0.00000162. The first kappa shape index (κ1) is 15.0. The predicted octanol–water partition coefficient (Wildman–Crippen LogP) is 1.68. The lowest BCUT2D eigenvalue weighted by Crippen LogP contribution is -2.34. The summed E-state index contributed by atoms with van der Waals surface area (Å²) in [5.74, 6) is -0.326. The van der Waals surface area contributed by atoms with Crippen LogP contribution in [-0.4, -0.2) is 30.8 Å². The number of nitrogens with one attached hydrogen (secondary N) is 1. The molecule has 0 saturated carbocycles. The number of methoxy groups -OCH3 is 1. The van der Waals surface area contributed by atoms with Crippen LogP contribution in [0.4, 0.5) is 0 Å². The van der Waals surface area contributed by atoms with Gasteiger partial charge in [0.1, 0.15) is 0 Å². The second kappa shape index (κ2) is 6.73. The summed E-state index contributed by atoms with van der Waals surface area (Å²) in [5, 5.41) is 13.0. The number of carbonyl (C=O) groups excluding carboxylic acids is 1. The van der Waals surface area contributed by atoms with Gasteiger partial charge in [0.2, 0.25) is 0 Å². The zero-order valence-corrected chi connectivity index (χ0v) is 11.1. The van der Waals surface area contributed by atoms with Crippen LogP contribution in [0.1, 0.15) is 34.8 Å². The van der Waals surface area contributed by atoms with Crippen LogP contribution < -0.4 is 5.32 Å². The van der Waals surface area contributed by atoms with Crippen LogP contribution in [0.3, 0.4) is 0 Å². The van der Waals surface area contributed by atoms with Crippen LogP contribution in [0.5, 0.6) is 0 Å². The number of ether oxygens (including phenoxy) is 1. The van der Waals surface area contributed by atoms with Gasteiger partial charge in [-0.3, -0.25) is 0 Å². The summed E-state index contributed by atoms with van der Waals surface area (Å²) in [7, 11) is 1.37. The lowest BCUT2D eigenvalue weighted by Gasteiger charge is -2.27. The Morgan fingerprint density at radius 2 is 2.06 bits per heavy atom. The van der Waals surface area contributed by atoms with Crippen LogP contribution in [0.15, 0.2) is 24.3 Å². The van der Waals surface area contributed by atoms with E-state index in [0.717, 1.165) is 24.9 Å². The molecule has 0 aromatic heterocycles. The van der Waals surface area contributed by atoms with Gasteiger partial charge in [0.25, 0.3) is 0 Å². The molecule has 0 spiro atoms. The molecule has 1 aliphatic heterocycles. The summed E-state index contributed by atoms with van der Waals surface area (Å²) < 4.78 is 4.64. The topological polar surface area (TPSA) is 58.6 Å². The molecule has 4 nitrogen and oxygen atoms in total. The smallest absolute Gasteiger partial charge is 0.337 e. The number of esters is 1. The molecule has 2 N–H and O–H groups in total. The fourth-order valence-corrected chi connectivity index (χ4v) is 2.12. The van der Waals surface area contributed by atoms with Gasteiger partial charge >= 0.3 is 5.97 Å². The Morgan fingerprint density at radius 1 is 1.39 bits per heavy atom. The van der Waals surface area contributed by atoms with Gasteiger partial charge in [-0.25, -0.2) is 4.79 Å². The number of hydrogen-bond acceptors (Lipinski definition) is 4. The Labute approximate surface area is 113 Å². The van der Waals surface area contributed by atoms with E-state index >= 15 is 0 Å². The molecule has 1 fully saturated rings. The standard InChI is InChI=1S/C13H17NO3.ClH/c1-17-13(16)10-4-2-9(3-5-10)12-8-11(15)6-7-14-12;/h2-5,11-12,14-15H,6-8H2,1H3;1H/t11-,12+;/m0./s1. The minimum atomic E-state index is -0.326. The van der Waals surface area contributed by atoms with Crippen molar-refractivity contribution >= 4 is 18.4 Å². The van der Waals surface area contributed by atoms with Crippen molar-refractivity contribution in [3.05, 3.63) is 35.4 Å². The van der Waals surface area contributed by atoms with Crippen molar-refractivity contribution in [1.82, 2.24) is 5.32 Å². The molecule has 0 bridgehead atoms. The summed E-state index contributed by atoms with van der Waals surface area (Å²) >= 11 is 0. The van der Waals surface area contributed by atoms with E-state index in [4.69, 9.17) is 0 Å². The van der Waals surface area contributed by atoms with Crippen LogP contribution in [-0.2, 0) is 4.74 Å². The molecule has 0 amide bonds. The Morgan fingerprint density at radius 3 is 2.61 bits per heavy atom. The molecule has 1 aromatic carbocycles. The number of piperidine rings is 1. The molecule has 5 heteroatoms. The number of halogens is 1. The SMILES string of the molecule is COC(=O)c1ccc([C@H]2C[C@@H](O)CCN2)cc1.Cl. The largest absolute Gasteiger partial charge is 0.465 e. The van der Waals surface area contributed by atoms with E-state index in [-0.39, 0.29) is 30.5 Å². The summed E-state index contributed by atoms with van der Waals surface area (Å²) in [5.41, 5.74) is 1.64. The van der Waals surface area contributed by atoms with Gasteiger partial charge in [0.15, 0.2) is 0 Å². The second-order valence-electron chi connectivity index (χ2n) is 4.30. The van der Waals surface area contributed by atoms with Gasteiger partial charge in [-0.1, -0.05) is 12.1 Å². The molecule has 100 valence electrons. The Hall–Kier alpha value is -1.10. The summed E-state index contributed by atoms with van der Waals surface area (Å²) in [6, 6.07) is 7.49. The molecule has 1 aliphatic rings. The lowest BCUT2D eigenvalue weighted by molar-refractivity contribution is 0.0600. The summed E-state index contributed by atoms with van der Waals surface area (Å²) in [6.07, 6.45) is 1.29. The average Bonchev–Trinajstić information content (AvgIpc) is 2.38. The zero-order valence-electron chi connectivity index (χ0n) is 10.3. The molecule has 2 atom stereocenters. The fraction of sp³-hybridized carbons (Fsp3) is 0.462. The highest BCUT2D eigenvalue weighted by Gasteiger charge is 2.20. The average molecular weight is 272 g/mol.